The number of hydrogen-bond acceptors (Lipinski definition) is 5. The molecule has 2 aromatic carbocycles. The molecule has 0 radical (unpaired) electrons. The van der Waals surface area contributed by atoms with E-state index in [4.69, 9.17) is 9.26 Å². The Hall–Kier alpha value is -3.15. The predicted molar refractivity (Wildman–Crippen MR) is 105 cm³/mol. The van der Waals surface area contributed by atoms with E-state index in [-0.39, 0.29) is 19.1 Å². The van der Waals surface area contributed by atoms with Gasteiger partial charge in [0.15, 0.2) is 6.61 Å². The molecule has 1 aromatic heterocycles. The van der Waals surface area contributed by atoms with Gasteiger partial charge in [0.2, 0.25) is 11.7 Å². The lowest BCUT2D eigenvalue weighted by Gasteiger charge is -2.16. The molecule has 3 aromatic rings. The van der Waals surface area contributed by atoms with Crippen molar-refractivity contribution in [2.45, 2.75) is 39.2 Å². The highest BCUT2D eigenvalue weighted by molar-refractivity contribution is 5.77. The lowest BCUT2D eigenvalue weighted by molar-refractivity contribution is -0.123. The normalized spacial score (nSPS) is 13.0. The first-order valence-electron chi connectivity index (χ1n) is 9.58. The highest BCUT2D eigenvalue weighted by Crippen LogP contribution is 2.25. The zero-order valence-electron chi connectivity index (χ0n) is 15.9. The predicted octanol–water partition coefficient (Wildman–Crippen LogP) is 3.62. The van der Waals surface area contributed by atoms with Crippen molar-refractivity contribution in [2.75, 3.05) is 6.61 Å². The average Bonchev–Trinajstić information content (AvgIpc) is 3.20. The van der Waals surface area contributed by atoms with E-state index in [1.807, 2.05) is 43.3 Å². The fourth-order valence-corrected chi connectivity index (χ4v) is 3.32. The molecule has 0 saturated heterocycles. The highest BCUT2D eigenvalue weighted by Gasteiger charge is 2.12. The lowest BCUT2D eigenvalue weighted by atomic mass is 9.92. The van der Waals surface area contributed by atoms with Crippen LogP contribution in [0.1, 0.15) is 35.4 Å². The van der Waals surface area contributed by atoms with Crippen LogP contribution in [-0.4, -0.2) is 22.7 Å². The minimum Gasteiger partial charge on any atom is -0.484 e. The van der Waals surface area contributed by atoms with Gasteiger partial charge in [0.05, 0.1) is 6.54 Å². The van der Waals surface area contributed by atoms with Crippen molar-refractivity contribution >= 4 is 5.91 Å². The third kappa shape index (κ3) is 4.39. The van der Waals surface area contributed by atoms with E-state index < -0.39 is 0 Å². The molecule has 144 valence electrons. The van der Waals surface area contributed by atoms with E-state index in [0.29, 0.717) is 11.7 Å². The molecule has 1 heterocycles. The van der Waals surface area contributed by atoms with Crippen molar-refractivity contribution in [3.8, 4) is 17.1 Å². The summed E-state index contributed by atoms with van der Waals surface area (Å²) < 4.78 is 10.8. The molecule has 4 rings (SSSR count). The summed E-state index contributed by atoms with van der Waals surface area (Å²) in [7, 11) is 0. The molecule has 6 heteroatoms. The summed E-state index contributed by atoms with van der Waals surface area (Å²) >= 11 is 0. The van der Waals surface area contributed by atoms with Crippen molar-refractivity contribution in [3.63, 3.8) is 0 Å². The standard InChI is InChI=1S/C22H23N3O3/c1-15-6-8-17(9-7-15)22-24-21(28-25-22)13-23-20(26)14-27-19-11-10-16-4-2-3-5-18(16)12-19/h6-12H,2-5,13-14H2,1H3,(H,23,26). The van der Waals surface area contributed by atoms with E-state index in [1.165, 1.54) is 29.5 Å². The maximum Gasteiger partial charge on any atom is 0.258 e. The third-order valence-electron chi connectivity index (χ3n) is 4.90. The minimum atomic E-state index is -0.229. The van der Waals surface area contributed by atoms with Crippen LogP contribution in [0.15, 0.2) is 47.0 Å². The molecule has 0 saturated carbocycles. The van der Waals surface area contributed by atoms with Crippen molar-refractivity contribution in [1.29, 1.82) is 0 Å². The van der Waals surface area contributed by atoms with Crippen LogP contribution < -0.4 is 10.1 Å². The van der Waals surface area contributed by atoms with E-state index in [2.05, 4.69) is 21.5 Å². The molecular weight excluding hydrogens is 354 g/mol. The molecule has 1 amide bonds. The fourth-order valence-electron chi connectivity index (χ4n) is 3.32. The van der Waals surface area contributed by atoms with E-state index in [0.717, 1.165) is 24.2 Å². The number of aromatic nitrogens is 2. The Morgan fingerprint density at radius 2 is 1.89 bits per heavy atom. The number of nitrogens with one attached hydrogen (secondary N) is 1. The third-order valence-corrected chi connectivity index (χ3v) is 4.90. The number of carbonyl (C=O) groups is 1. The largest absolute Gasteiger partial charge is 0.484 e. The number of amides is 1. The van der Waals surface area contributed by atoms with Crippen molar-refractivity contribution in [1.82, 2.24) is 15.5 Å². The Bertz CT molecular complexity index is 963. The number of carbonyl (C=O) groups excluding carboxylic acids is 1. The van der Waals surface area contributed by atoms with Crippen LogP contribution >= 0.6 is 0 Å². The zero-order valence-corrected chi connectivity index (χ0v) is 15.9. The number of nitrogens with zero attached hydrogens (tertiary/aromatic N) is 2. The Morgan fingerprint density at radius 3 is 2.71 bits per heavy atom. The molecule has 1 aliphatic rings. The molecular formula is C22H23N3O3. The van der Waals surface area contributed by atoms with Gasteiger partial charge in [0.25, 0.3) is 5.91 Å². The van der Waals surface area contributed by atoms with Gasteiger partial charge in [-0.1, -0.05) is 41.1 Å². The maximum atomic E-state index is 12.1. The second kappa shape index (κ2) is 8.25. The molecule has 1 N–H and O–H groups in total. The van der Waals surface area contributed by atoms with Gasteiger partial charge in [-0.3, -0.25) is 4.79 Å². The highest BCUT2D eigenvalue weighted by atomic mass is 16.5. The summed E-state index contributed by atoms with van der Waals surface area (Å²) in [6, 6.07) is 13.9. The van der Waals surface area contributed by atoms with Gasteiger partial charge >= 0.3 is 0 Å². The van der Waals surface area contributed by atoms with Gasteiger partial charge < -0.3 is 14.6 Å². The quantitative estimate of drug-likeness (QED) is 0.710. The van der Waals surface area contributed by atoms with Gasteiger partial charge in [0.1, 0.15) is 5.75 Å². The van der Waals surface area contributed by atoms with Crippen LogP contribution in [0.3, 0.4) is 0 Å². The fraction of sp³-hybridized carbons (Fsp3) is 0.318. The monoisotopic (exact) mass is 377 g/mol. The lowest BCUT2D eigenvalue weighted by Crippen LogP contribution is -2.28. The Balaban J connectivity index is 1.27. The molecule has 0 atom stereocenters. The molecule has 0 aliphatic heterocycles. The van der Waals surface area contributed by atoms with Crippen LogP contribution in [0.4, 0.5) is 0 Å². The summed E-state index contributed by atoms with van der Waals surface area (Å²) in [5.74, 6) is 1.37. The van der Waals surface area contributed by atoms with Gasteiger partial charge in [-0.05, 0) is 55.9 Å². The summed E-state index contributed by atoms with van der Waals surface area (Å²) in [6.07, 6.45) is 4.67. The van der Waals surface area contributed by atoms with Crippen molar-refractivity contribution in [2.24, 2.45) is 0 Å². The second-order valence-electron chi connectivity index (χ2n) is 7.08. The number of fused-ring (bicyclic) bond motifs is 1. The average molecular weight is 377 g/mol. The summed E-state index contributed by atoms with van der Waals surface area (Å²) in [5.41, 5.74) is 4.77. The topological polar surface area (TPSA) is 77.2 Å². The van der Waals surface area contributed by atoms with Crippen LogP contribution in [0.2, 0.25) is 0 Å². The van der Waals surface area contributed by atoms with Crippen LogP contribution in [0, 0.1) is 6.92 Å². The molecule has 6 nitrogen and oxygen atoms in total. The molecule has 0 unspecified atom stereocenters. The zero-order chi connectivity index (χ0) is 19.3. The summed E-state index contributed by atoms with van der Waals surface area (Å²) in [5, 5.41) is 6.71. The SMILES string of the molecule is Cc1ccc(-c2noc(CNC(=O)COc3ccc4c(c3)CCCC4)n2)cc1. The first kappa shape index (κ1) is 18.2. The van der Waals surface area contributed by atoms with Crippen LogP contribution in [0.5, 0.6) is 5.75 Å². The summed E-state index contributed by atoms with van der Waals surface area (Å²) in [4.78, 5) is 16.4. The molecule has 28 heavy (non-hydrogen) atoms. The minimum absolute atomic E-state index is 0.0439. The first-order chi connectivity index (χ1) is 13.7. The molecule has 1 aliphatic carbocycles. The molecule has 0 spiro atoms. The van der Waals surface area contributed by atoms with E-state index in [1.54, 1.807) is 0 Å². The molecule has 0 bridgehead atoms. The number of ether oxygens (including phenoxy) is 1. The van der Waals surface area contributed by atoms with Crippen molar-refractivity contribution < 1.29 is 14.1 Å². The van der Waals surface area contributed by atoms with Crippen LogP contribution in [0.25, 0.3) is 11.4 Å². The number of hydrogen-bond donors (Lipinski definition) is 1. The Kier molecular flexibility index (Phi) is 5.37. The van der Waals surface area contributed by atoms with Crippen molar-refractivity contribution in [3.05, 3.63) is 65.0 Å². The molecule has 0 fully saturated rings. The van der Waals surface area contributed by atoms with Gasteiger partial charge in [0, 0.05) is 5.56 Å². The summed E-state index contributed by atoms with van der Waals surface area (Å²) in [6.45, 7) is 2.15. The van der Waals surface area contributed by atoms with Gasteiger partial charge in [-0.25, -0.2) is 0 Å². The first-order valence-corrected chi connectivity index (χ1v) is 9.58. The smallest absolute Gasteiger partial charge is 0.258 e. The second-order valence-corrected chi connectivity index (χ2v) is 7.08. The number of benzene rings is 2. The van der Waals surface area contributed by atoms with Gasteiger partial charge in [-0.15, -0.1) is 0 Å². The number of aryl methyl sites for hydroxylation is 3. The van der Waals surface area contributed by atoms with Crippen LogP contribution in [-0.2, 0) is 24.2 Å². The van der Waals surface area contributed by atoms with E-state index >= 15 is 0 Å². The van der Waals surface area contributed by atoms with E-state index in [9.17, 15) is 4.79 Å². The maximum absolute atomic E-state index is 12.1. The van der Waals surface area contributed by atoms with Gasteiger partial charge in [-0.2, -0.15) is 4.98 Å². The Morgan fingerprint density at radius 1 is 1.11 bits per heavy atom. The number of rotatable bonds is 6. The Labute approximate surface area is 163 Å².